The summed E-state index contributed by atoms with van der Waals surface area (Å²) in [7, 11) is 1.77. The first kappa shape index (κ1) is 29.2. The van der Waals surface area contributed by atoms with Gasteiger partial charge in [0.1, 0.15) is 0 Å². The molecule has 0 N–H and O–H groups in total. The number of halogens is 17. The molecule has 0 radical (unpaired) electrons. The minimum absolute atomic E-state index is 0.231. The van der Waals surface area contributed by atoms with Crippen LogP contribution in [-0.4, -0.2) is 60.6 Å². The molecular formula is C11H8F17OP. The standard InChI is InChI=1S/C11H8F17OP/c12-4(13,6(16,17)8(20,21)10(24,25)26)5(14,15)7(18,19)9(22,23)11(27,28)29-2-1-3-30/h1-3,30H2. The first-order valence-electron chi connectivity index (χ1n) is 6.86. The highest BCUT2D eigenvalue weighted by molar-refractivity contribution is 7.16. The van der Waals surface area contributed by atoms with Crippen LogP contribution in [0.2, 0.25) is 0 Å². The third kappa shape index (κ3) is 4.01. The molecule has 0 spiro atoms. The topological polar surface area (TPSA) is 9.23 Å². The first-order chi connectivity index (χ1) is 12.8. The zero-order valence-corrected chi connectivity index (χ0v) is 14.7. The van der Waals surface area contributed by atoms with Gasteiger partial charge in [-0.25, -0.2) is 0 Å². The molecule has 1 nitrogen and oxygen atoms in total. The smallest absolute Gasteiger partial charge is 0.315 e. The van der Waals surface area contributed by atoms with Crippen molar-refractivity contribution in [2.45, 2.75) is 54.2 Å². The molecule has 19 heteroatoms. The molecule has 0 heterocycles. The Labute approximate surface area is 157 Å². The van der Waals surface area contributed by atoms with Gasteiger partial charge in [0.2, 0.25) is 0 Å². The zero-order valence-electron chi connectivity index (χ0n) is 13.5. The third-order valence-corrected chi connectivity index (χ3v) is 3.73. The summed E-state index contributed by atoms with van der Waals surface area (Å²) < 4.78 is 222. The van der Waals surface area contributed by atoms with Gasteiger partial charge in [0.25, 0.3) is 0 Å². The van der Waals surface area contributed by atoms with E-state index in [-0.39, 0.29) is 6.16 Å². The summed E-state index contributed by atoms with van der Waals surface area (Å²) in [5.41, 5.74) is 0. The van der Waals surface area contributed by atoms with Crippen molar-refractivity contribution < 1.29 is 79.4 Å². The van der Waals surface area contributed by atoms with Gasteiger partial charge in [-0.05, 0) is 12.6 Å². The fourth-order valence-electron chi connectivity index (χ4n) is 1.52. The van der Waals surface area contributed by atoms with Crippen LogP contribution in [0.25, 0.3) is 0 Å². The van der Waals surface area contributed by atoms with Crippen molar-refractivity contribution in [3.63, 3.8) is 0 Å². The molecule has 0 aromatic heterocycles. The van der Waals surface area contributed by atoms with Crippen LogP contribution in [0.1, 0.15) is 6.42 Å². The Morgan fingerprint density at radius 3 is 1.07 bits per heavy atom. The molecule has 182 valence electrons. The molecule has 0 saturated carbocycles. The van der Waals surface area contributed by atoms with E-state index in [4.69, 9.17) is 0 Å². The van der Waals surface area contributed by atoms with Crippen LogP contribution in [0.4, 0.5) is 74.6 Å². The predicted octanol–water partition coefficient (Wildman–Crippen LogP) is 6.24. The van der Waals surface area contributed by atoms with Crippen molar-refractivity contribution in [2.75, 3.05) is 12.8 Å². The van der Waals surface area contributed by atoms with E-state index in [2.05, 4.69) is 4.74 Å². The Kier molecular flexibility index (Phi) is 7.75. The van der Waals surface area contributed by atoms with Crippen LogP contribution in [0.5, 0.6) is 0 Å². The average Bonchev–Trinajstić information content (AvgIpc) is 2.52. The molecular weight excluding hydrogens is 502 g/mol. The second-order valence-corrected chi connectivity index (χ2v) is 6.03. The van der Waals surface area contributed by atoms with Crippen LogP contribution in [-0.2, 0) is 4.74 Å². The van der Waals surface area contributed by atoms with Crippen molar-refractivity contribution >= 4 is 9.24 Å². The van der Waals surface area contributed by atoms with Crippen molar-refractivity contribution in [3.05, 3.63) is 0 Å². The number of hydrogen-bond acceptors (Lipinski definition) is 1. The number of hydrogen-bond donors (Lipinski definition) is 0. The molecule has 1 unspecified atom stereocenters. The van der Waals surface area contributed by atoms with Crippen LogP contribution in [0.15, 0.2) is 0 Å². The molecule has 0 aliphatic rings. The van der Waals surface area contributed by atoms with Crippen LogP contribution < -0.4 is 0 Å². The van der Waals surface area contributed by atoms with E-state index in [0.29, 0.717) is 0 Å². The van der Waals surface area contributed by atoms with Crippen LogP contribution in [0, 0.1) is 0 Å². The van der Waals surface area contributed by atoms with E-state index in [1.54, 1.807) is 9.24 Å². The Balaban J connectivity index is 6.48. The van der Waals surface area contributed by atoms with Gasteiger partial charge in [-0.2, -0.15) is 74.6 Å². The fraction of sp³-hybridized carbons (Fsp3) is 1.00. The molecule has 0 aliphatic heterocycles. The van der Waals surface area contributed by atoms with Gasteiger partial charge in [-0.1, -0.05) is 0 Å². The van der Waals surface area contributed by atoms with Gasteiger partial charge in [-0.3, -0.25) is 0 Å². The van der Waals surface area contributed by atoms with E-state index in [0.717, 1.165) is 0 Å². The molecule has 0 bridgehead atoms. The van der Waals surface area contributed by atoms with E-state index in [1.807, 2.05) is 0 Å². The molecule has 1 atom stereocenters. The lowest BCUT2D eigenvalue weighted by Crippen LogP contribution is -2.74. The molecule has 0 rings (SSSR count). The molecule has 0 aromatic rings. The van der Waals surface area contributed by atoms with E-state index in [1.165, 1.54) is 0 Å². The molecule has 0 amide bonds. The van der Waals surface area contributed by atoms with Crippen molar-refractivity contribution in [1.82, 2.24) is 0 Å². The summed E-state index contributed by atoms with van der Waals surface area (Å²) in [5.74, 6) is -50.0. The highest BCUT2D eigenvalue weighted by Gasteiger charge is 2.95. The maximum absolute atomic E-state index is 13.3. The van der Waals surface area contributed by atoms with Gasteiger partial charge in [0, 0.05) is 0 Å². The van der Waals surface area contributed by atoms with Gasteiger partial charge in [0.15, 0.2) is 0 Å². The molecule has 0 fully saturated rings. The SMILES string of the molecule is FC(F)(F)C(F)(F)C(F)(F)C(F)(F)C(F)(F)C(F)(F)C(F)(F)C(F)(F)OCCCP. The zero-order chi connectivity index (χ0) is 24.8. The van der Waals surface area contributed by atoms with Gasteiger partial charge >= 0.3 is 47.8 Å². The minimum atomic E-state index is -8.62. The van der Waals surface area contributed by atoms with Gasteiger partial charge in [0.05, 0.1) is 6.61 Å². The lowest BCUT2D eigenvalue weighted by molar-refractivity contribution is -0.477. The van der Waals surface area contributed by atoms with Crippen molar-refractivity contribution in [3.8, 4) is 0 Å². The first-order valence-corrected chi connectivity index (χ1v) is 7.68. The normalized spacial score (nSPS) is 16.2. The van der Waals surface area contributed by atoms with E-state index < -0.39 is 60.8 Å². The minimum Gasteiger partial charge on any atom is -0.315 e. The Bertz CT molecular complexity index is 595. The lowest BCUT2D eigenvalue weighted by atomic mass is 9.90. The monoisotopic (exact) mass is 510 g/mol. The molecule has 0 aromatic carbocycles. The second-order valence-electron chi connectivity index (χ2n) is 5.45. The van der Waals surface area contributed by atoms with Crippen LogP contribution in [0.3, 0.4) is 0 Å². The summed E-state index contributed by atoms with van der Waals surface area (Å²) in [4.78, 5) is 0. The quantitative estimate of drug-likeness (QED) is 0.192. The summed E-state index contributed by atoms with van der Waals surface area (Å²) in [6.45, 7) is -1.59. The summed E-state index contributed by atoms with van der Waals surface area (Å²) in [6.07, 6.45) is -15.4. The summed E-state index contributed by atoms with van der Waals surface area (Å²) in [5, 5.41) is 0. The highest BCUT2D eigenvalue weighted by atomic mass is 31.0. The maximum Gasteiger partial charge on any atom is 0.460 e. The van der Waals surface area contributed by atoms with E-state index in [9.17, 15) is 74.6 Å². The Morgan fingerprint density at radius 2 is 0.767 bits per heavy atom. The molecule has 0 aliphatic carbocycles. The summed E-state index contributed by atoms with van der Waals surface area (Å²) in [6, 6.07) is 0. The van der Waals surface area contributed by atoms with Gasteiger partial charge in [-0.15, -0.1) is 9.24 Å². The van der Waals surface area contributed by atoms with E-state index >= 15 is 0 Å². The fourth-order valence-corrected chi connectivity index (χ4v) is 1.69. The molecule has 0 saturated heterocycles. The second kappa shape index (κ2) is 7.96. The number of ether oxygens (including phenoxy) is 1. The number of alkyl halides is 17. The highest BCUT2D eigenvalue weighted by Crippen LogP contribution is 2.63. The lowest BCUT2D eigenvalue weighted by Gasteiger charge is -2.42. The maximum atomic E-state index is 13.3. The third-order valence-electron chi connectivity index (χ3n) is 3.33. The van der Waals surface area contributed by atoms with Crippen molar-refractivity contribution in [2.24, 2.45) is 0 Å². The Morgan fingerprint density at radius 1 is 0.467 bits per heavy atom. The predicted molar refractivity (Wildman–Crippen MR) is 65.8 cm³/mol. The largest absolute Gasteiger partial charge is 0.460 e. The molecule has 30 heavy (non-hydrogen) atoms. The summed E-state index contributed by atoms with van der Waals surface area (Å²) >= 11 is 0. The average molecular weight is 510 g/mol. The van der Waals surface area contributed by atoms with Gasteiger partial charge < -0.3 is 4.74 Å². The van der Waals surface area contributed by atoms with Crippen LogP contribution >= 0.6 is 9.24 Å². The Hall–Kier alpha value is -0.800. The van der Waals surface area contributed by atoms with Crippen molar-refractivity contribution in [1.29, 1.82) is 0 Å². The number of rotatable bonds is 10.